The summed E-state index contributed by atoms with van der Waals surface area (Å²) in [5.41, 5.74) is 8.45. The maximum Gasteiger partial charge on any atom is 0.258 e. The SMILES string of the molecule is Cc1noc(-c2ccnc(-c3cc(F)c4c(c3)C[C@H](CN)O4)c2)n1. The van der Waals surface area contributed by atoms with Gasteiger partial charge in [0, 0.05) is 35.9 Å². The van der Waals surface area contributed by atoms with Gasteiger partial charge in [0.15, 0.2) is 17.4 Å². The fraction of sp³-hybridized carbons (Fsp3) is 0.235. The molecule has 1 aliphatic rings. The van der Waals surface area contributed by atoms with Crippen LogP contribution in [0.1, 0.15) is 11.4 Å². The lowest BCUT2D eigenvalue weighted by Gasteiger charge is -2.07. The lowest BCUT2D eigenvalue weighted by atomic mass is 10.0. The van der Waals surface area contributed by atoms with E-state index >= 15 is 0 Å². The van der Waals surface area contributed by atoms with Gasteiger partial charge < -0.3 is 15.0 Å². The number of benzene rings is 1. The normalized spacial score (nSPS) is 16.0. The van der Waals surface area contributed by atoms with Gasteiger partial charge in [0.25, 0.3) is 5.89 Å². The smallest absolute Gasteiger partial charge is 0.258 e. The van der Waals surface area contributed by atoms with Crippen LogP contribution in [0.25, 0.3) is 22.7 Å². The topological polar surface area (TPSA) is 87.1 Å². The van der Waals surface area contributed by atoms with E-state index in [9.17, 15) is 4.39 Å². The van der Waals surface area contributed by atoms with Crippen LogP contribution in [0, 0.1) is 12.7 Å². The van der Waals surface area contributed by atoms with Crippen molar-refractivity contribution in [3.8, 4) is 28.5 Å². The maximum atomic E-state index is 14.3. The Hall–Kier alpha value is -2.80. The Kier molecular flexibility index (Phi) is 3.50. The monoisotopic (exact) mass is 326 g/mol. The predicted octanol–water partition coefficient (Wildman–Crippen LogP) is 2.51. The number of hydrogen-bond donors (Lipinski definition) is 1. The molecule has 0 bridgehead atoms. The van der Waals surface area contributed by atoms with Crippen LogP contribution in [-0.2, 0) is 6.42 Å². The molecular weight excluding hydrogens is 311 g/mol. The Bertz CT molecular complexity index is 909. The molecule has 0 amide bonds. The van der Waals surface area contributed by atoms with Crippen LogP contribution in [0.15, 0.2) is 35.0 Å². The summed E-state index contributed by atoms with van der Waals surface area (Å²) in [6.45, 7) is 2.10. The number of rotatable bonds is 3. The van der Waals surface area contributed by atoms with Gasteiger partial charge >= 0.3 is 0 Å². The highest BCUT2D eigenvalue weighted by molar-refractivity contribution is 5.68. The van der Waals surface area contributed by atoms with Crippen molar-refractivity contribution < 1.29 is 13.7 Å². The molecule has 2 N–H and O–H groups in total. The molecule has 0 saturated heterocycles. The predicted molar refractivity (Wildman–Crippen MR) is 84.8 cm³/mol. The molecular formula is C17H15FN4O2. The van der Waals surface area contributed by atoms with Crippen molar-refractivity contribution in [2.45, 2.75) is 19.4 Å². The summed E-state index contributed by atoms with van der Waals surface area (Å²) in [7, 11) is 0. The van der Waals surface area contributed by atoms with Gasteiger partial charge in [-0.05, 0) is 31.2 Å². The van der Waals surface area contributed by atoms with Crippen LogP contribution in [-0.4, -0.2) is 27.8 Å². The number of pyridine rings is 1. The van der Waals surface area contributed by atoms with Gasteiger partial charge in [0.1, 0.15) is 6.10 Å². The lowest BCUT2D eigenvalue weighted by molar-refractivity contribution is 0.232. The second-order valence-corrected chi connectivity index (χ2v) is 5.70. The molecule has 24 heavy (non-hydrogen) atoms. The number of hydrogen-bond acceptors (Lipinski definition) is 6. The lowest BCUT2D eigenvalue weighted by Crippen LogP contribution is -2.24. The van der Waals surface area contributed by atoms with E-state index in [4.69, 9.17) is 15.0 Å². The molecule has 0 radical (unpaired) electrons. The van der Waals surface area contributed by atoms with Gasteiger partial charge in [-0.3, -0.25) is 4.98 Å². The number of ether oxygens (including phenoxy) is 1. The summed E-state index contributed by atoms with van der Waals surface area (Å²) in [6, 6.07) is 6.88. The summed E-state index contributed by atoms with van der Waals surface area (Å²) < 4.78 is 25.0. The molecule has 0 fully saturated rings. The number of halogens is 1. The number of aryl methyl sites for hydroxylation is 1. The van der Waals surface area contributed by atoms with Crippen molar-refractivity contribution in [1.29, 1.82) is 0 Å². The van der Waals surface area contributed by atoms with Crippen molar-refractivity contribution in [1.82, 2.24) is 15.1 Å². The largest absolute Gasteiger partial charge is 0.485 e. The van der Waals surface area contributed by atoms with Crippen molar-refractivity contribution in [3.05, 3.63) is 47.7 Å². The van der Waals surface area contributed by atoms with Crippen LogP contribution >= 0.6 is 0 Å². The van der Waals surface area contributed by atoms with Gasteiger partial charge in [-0.25, -0.2) is 4.39 Å². The van der Waals surface area contributed by atoms with E-state index < -0.39 is 5.82 Å². The summed E-state index contributed by atoms with van der Waals surface area (Å²) in [5, 5.41) is 3.78. The highest BCUT2D eigenvalue weighted by atomic mass is 19.1. The quantitative estimate of drug-likeness (QED) is 0.796. The molecule has 0 unspecified atom stereocenters. The Labute approximate surface area is 137 Å². The molecule has 0 aliphatic carbocycles. The molecule has 1 aliphatic heterocycles. The first-order chi connectivity index (χ1) is 11.6. The first-order valence-electron chi connectivity index (χ1n) is 7.60. The van der Waals surface area contributed by atoms with Crippen molar-refractivity contribution >= 4 is 0 Å². The standard InChI is InChI=1S/C17H15FN4O2/c1-9-21-17(24-22-9)10-2-3-20-15(7-10)11-4-12-5-13(8-19)23-16(12)14(18)6-11/h2-4,6-7,13H,5,8,19H2,1H3/t13-/m1/s1. The maximum absolute atomic E-state index is 14.3. The molecule has 0 spiro atoms. The fourth-order valence-corrected chi connectivity index (χ4v) is 2.80. The van der Waals surface area contributed by atoms with Gasteiger partial charge in [-0.1, -0.05) is 5.16 Å². The number of fused-ring (bicyclic) bond motifs is 1. The summed E-state index contributed by atoms with van der Waals surface area (Å²) in [5.74, 6) is 0.846. The van der Waals surface area contributed by atoms with Gasteiger partial charge in [0.05, 0.1) is 5.69 Å². The average molecular weight is 326 g/mol. The van der Waals surface area contributed by atoms with E-state index in [0.717, 1.165) is 11.1 Å². The Morgan fingerprint density at radius 2 is 2.17 bits per heavy atom. The fourth-order valence-electron chi connectivity index (χ4n) is 2.80. The zero-order chi connectivity index (χ0) is 16.7. The molecule has 0 saturated carbocycles. The molecule has 3 aromatic rings. The van der Waals surface area contributed by atoms with E-state index in [-0.39, 0.29) is 11.9 Å². The second-order valence-electron chi connectivity index (χ2n) is 5.70. The minimum atomic E-state index is -0.403. The van der Waals surface area contributed by atoms with Gasteiger partial charge in [0.2, 0.25) is 0 Å². The van der Waals surface area contributed by atoms with E-state index in [1.807, 2.05) is 6.07 Å². The Morgan fingerprint density at radius 3 is 2.92 bits per heavy atom. The van der Waals surface area contributed by atoms with Crippen molar-refractivity contribution in [2.75, 3.05) is 6.54 Å². The van der Waals surface area contributed by atoms with E-state index in [1.165, 1.54) is 6.07 Å². The van der Waals surface area contributed by atoms with Crippen LogP contribution in [0.5, 0.6) is 5.75 Å². The molecule has 3 heterocycles. The van der Waals surface area contributed by atoms with Crippen molar-refractivity contribution in [2.24, 2.45) is 5.73 Å². The highest BCUT2D eigenvalue weighted by Gasteiger charge is 2.26. The number of aromatic nitrogens is 3. The molecule has 2 aromatic heterocycles. The number of nitrogens with zero attached hydrogens (tertiary/aromatic N) is 3. The third-order valence-electron chi connectivity index (χ3n) is 3.95. The van der Waals surface area contributed by atoms with Crippen LogP contribution in [0.3, 0.4) is 0 Å². The first-order valence-corrected chi connectivity index (χ1v) is 7.60. The Morgan fingerprint density at radius 1 is 1.29 bits per heavy atom. The molecule has 7 heteroatoms. The van der Waals surface area contributed by atoms with Crippen LogP contribution < -0.4 is 10.5 Å². The van der Waals surface area contributed by atoms with Gasteiger partial charge in [-0.15, -0.1) is 0 Å². The van der Waals surface area contributed by atoms with E-state index in [0.29, 0.717) is 35.9 Å². The highest BCUT2D eigenvalue weighted by Crippen LogP contribution is 2.35. The van der Waals surface area contributed by atoms with Crippen LogP contribution in [0.2, 0.25) is 0 Å². The average Bonchev–Trinajstić information content (AvgIpc) is 3.21. The molecule has 1 aromatic carbocycles. The molecule has 1 atom stereocenters. The third kappa shape index (κ3) is 2.52. The van der Waals surface area contributed by atoms with Crippen molar-refractivity contribution in [3.63, 3.8) is 0 Å². The van der Waals surface area contributed by atoms with Crippen LogP contribution in [0.4, 0.5) is 4.39 Å². The van der Waals surface area contributed by atoms with Gasteiger partial charge in [-0.2, -0.15) is 4.98 Å². The Balaban J connectivity index is 1.74. The van der Waals surface area contributed by atoms with E-state index in [1.54, 1.807) is 25.3 Å². The third-order valence-corrected chi connectivity index (χ3v) is 3.95. The molecule has 122 valence electrons. The summed E-state index contributed by atoms with van der Waals surface area (Å²) in [6.07, 6.45) is 2.05. The molecule has 6 nitrogen and oxygen atoms in total. The number of nitrogens with two attached hydrogens (primary N) is 1. The zero-order valence-corrected chi connectivity index (χ0v) is 13.0. The first kappa shape index (κ1) is 14.8. The summed E-state index contributed by atoms with van der Waals surface area (Å²) >= 11 is 0. The second kappa shape index (κ2) is 5.68. The minimum Gasteiger partial charge on any atom is -0.485 e. The molecule has 4 rings (SSSR count). The minimum absolute atomic E-state index is 0.176. The summed E-state index contributed by atoms with van der Waals surface area (Å²) in [4.78, 5) is 8.52. The van der Waals surface area contributed by atoms with E-state index in [2.05, 4.69) is 15.1 Å². The zero-order valence-electron chi connectivity index (χ0n) is 13.0.